The predicted octanol–water partition coefficient (Wildman–Crippen LogP) is 4.82. The van der Waals surface area contributed by atoms with Crippen molar-refractivity contribution in [2.75, 3.05) is 0 Å². The fourth-order valence-electron chi connectivity index (χ4n) is 1.32. The van der Waals surface area contributed by atoms with Gasteiger partial charge in [-0.2, -0.15) is 5.26 Å². The van der Waals surface area contributed by atoms with Crippen molar-refractivity contribution < 1.29 is 9.53 Å². The first-order chi connectivity index (χ1) is 9.06. The number of aliphatic hydroxyl groups excluding tert-OH is 1. The largest absolute Gasteiger partial charge is 0.537 e. The van der Waals surface area contributed by atoms with Gasteiger partial charge in [0.05, 0.1) is 13.8 Å². The highest BCUT2D eigenvalue weighted by Crippen LogP contribution is 2.40. The number of nitrogens with zero attached hydrogens (tertiary/aromatic N) is 1. The Hall–Kier alpha value is -0.576. The van der Waals surface area contributed by atoms with E-state index in [-0.39, 0.29) is 15.8 Å². The number of nitriles is 1. The number of hydrogen-bond acceptors (Lipinski definition) is 3. The van der Waals surface area contributed by atoms with Crippen LogP contribution in [0.2, 0.25) is 36.3 Å². The smallest absolute Gasteiger partial charge is 0.251 e. The maximum absolute atomic E-state index is 10.6. The van der Waals surface area contributed by atoms with Crippen LogP contribution in [0.1, 0.15) is 41.5 Å². The third-order valence-electron chi connectivity index (χ3n) is 5.26. The molecule has 0 aliphatic heterocycles. The van der Waals surface area contributed by atoms with Crippen LogP contribution < -0.4 is 0 Å². The Bertz CT molecular complexity index is 435. The highest BCUT2D eigenvalue weighted by atomic mass is 28.4. The summed E-state index contributed by atoms with van der Waals surface area (Å²) < 4.78 is 6.03. The van der Waals surface area contributed by atoms with Crippen molar-refractivity contribution in [3.8, 4) is 6.07 Å². The Morgan fingerprint density at radius 1 is 1.05 bits per heavy atom. The van der Waals surface area contributed by atoms with Crippen molar-refractivity contribution in [1.29, 1.82) is 5.26 Å². The number of hydrogen-bond donors (Lipinski definition) is 1. The molecule has 0 unspecified atom stereocenters. The minimum absolute atomic E-state index is 0.0326. The van der Waals surface area contributed by atoms with Gasteiger partial charge in [0.25, 0.3) is 8.32 Å². The van der Waals surface area contributed by atoms with Crippen LogP contribution in [0, 0.1) is 11.3 Å². The molecule has 0 radical (unpaired) electrons. The van der Waals surface area contributed by atoms with Crippen molar-refractivity contribution in [3.05, 3.63) is 11.8 Å². The van der Waals surface area contributed by atoms with Gasteiger partial charge in [-0.1, -0.05) is 54.6 Å². The second kappa shape index (κ2) is 6.27. The maximum atomic E-state index is 10.6. The number of allylic oxidation sites excluding steroid dienone is 1. The Morgan fingerprint density at radius 2 is 1.48 bits per heavy atom. The second-order valence-electron chi connectivity index (χ2n) is 8.92. The molecule has 0 bridgehead atoms. The Morgan fingerprint density at radius 3 is 1.76 bits per heavy atom. The van der Waals surface area contributed by atoms with E-state index in [0.29, 0.717) is 0 Å². The minimum Gasteiger partial charge on any atom is -0.537 e. The standard InChI is InChI=1S/C16H33NO2Si2/c1-15(2,3)20(7,8)14(18)11-13(12-17)19-21(9,10)16(4,5)6/h11,14,18H,1-10H3/b13-11-/t14-/m0/s1. The zero-order valence-corrected chi connectivity index (χ0v) is 17.5. The summed E-state index contributed by atoms with van der Waals surface area (Å²) in [6, 6.07) is 2.12. The lowest BCUT2D eigenvalue weighted by atomic mass is 10.2. The summed E-state index contributed by atoms with van der Waals surface area (Å²) in [6.45, 7) is 21.4. The summed E-state index contributed by atoms with van der Waals surface area (Å²) in [6.07, 6.45) is 1.64. The minimum atomic E-state index is -2.05. The van der Waals surface area contributed by atoms with E-state index < -0.39 is 22.1 Å². The molecule has 0 aromatic rings. The predicted molar refractivity (Wildman–Crippen MR) is 95.2 cm³/mol. The molecule has 0 heterocycles. The molecule has 0 aliphatic rings. The molecule has 122 valence electrons. The Labute approximate surface area is 133 Å². The molecular weight excluding hydrogens is 294 g/mol. The van der Waals surface area contributed by atoms with E-state index in [0.717, 1.165) is 0 Å². The van der Waals surface area contributed by atoms with E-state index in [1.165, 1.54) is 0 Å². The van der Waals surface area contributed by atoms with Gasteiger partial charge in [0, 0.05) is 0 Å². The molecule has 0 spiro atoms. The van der Waals surface area contributed by atoms with E-state index in [4.69, 9.17) is 4.43 Å². The molecule has 0 saturated carbocycles. The van der Waals surface area contributed by atoms with Gasteiger partial charge in [-0.25, -0.2) is 0 Å². The first-order valence-electron chi connectivity index (χ1n) is 7.55. The van der Waals surface area contributed by atoms with Crippen LogP contribution in [-0.4, -0.2) is 27.2 Å². The van der Waals surface area contributed by atoms with Crippen molar-refractivity contribution in [1.82, 2.24) is 0 Å². The van der Waals surface area contributed by atoms with Crippen molar-refractivity contribution in [3.63, 3.8) is 0 Å². The van der Waals surface area contributed by atoms with E-state index in [1.54, 1.807) is 6.08 Å². The van der Waals surface area contributed by atoms with E-state index in [9.17, 15) is 10.4 Å². The third kappa shape index (κ3) is 4.98. The Kier molecular flexibility index (Phi) is 6.10. The summed E-state index contributed by atoms with van der Waals surface area (Å²) in [5.74, 6) is 0.277. The van der Waals surface area contributed by atoms with Gasteiger partial charge in [0.1, 0.15) is 6.07 Å². The summed E-state index contributed by atoms with van der Waals surface area (Å²) in [4.78, 5) is 0. The molecule has 0 aromatic heterocycles. The van der Waals surface area contributed by atoms with Crippen LogP contribution in [0.4, 0.5) is 0 Å². The Balaban J connectivity index is 5.38. The summed E-state index contributed by atoms with van der Waals surface area (Å²) in [5, 5.41) is 20.0. The van der Waals surface area contributed by atoms with Crippen LogP contribution in [0.3, 0.4) is 0 Å². The van der Waals surface area contributed by atoms with Crippen molar-refractivity contribution >= 4 is 16.4 Å². The molecule has 0 aliphatic carbocycles. The average molecular weight is 328 g/mol. The van der Waals surface area contributed by atoms with Gasteiger partial charge in [-0.05, 0) is 29.2 Å². The summed E-state index contributed by atoms with van der Waals surface area (Å²) in [7, 11) is -3.99. The monoisotopic (exact) mass is 327 g/mol. The fraction of sp³-hybridized carbons (Fsp3) is 0.812. The molecule has 0 fully saturated rings. The molecule has 3 nitrogen and oxygen atoms in total. The van der Waals surface area contributed by atoms with E-state index in [2.05, 4.69) is 73.8 Å². The lowest BCUT2D eigenvalue weighted by Gasteiger charge is -2.40. The fourth-order valence-corrected chi connectivity index (χ4v) is 3.74. The highest BCUT2D eigenvalue weighted by Gasteiger charge is 2.42. The molecule has 1 atom stereocenters. The molecular formula is C16H33NO2Si2. The maximum Gasteiger partial charge on any atom is 0.251 e. The zero-order valence-electron chi connectivity index (χ0n) is 15.5. The van der Waals surface area contributed by atoms with Crippen LogP contribution in [0.25, 0.3) is 0 Å². The lowest BCUT2D eigenvalue weighted by molar-refractivity contribution is 0.277. The quantitative estimate of drug-likeness (QED) is 0.457. The first-order valence-corrected chi connectivity index (χ1v) is 13.5. The normalized spacial score (nSPS) is 16.4. The molecule has 1 N–H and O–H groups in total. The number of rotatable bonds is 4. The van der Waals surface area contributed by atoms with Crippen LogP contribution in [0.5, 0.6) is 0 Å². The van der Waals surface area contributed by atoms with Gasteiger partial charge in [-0.15, -0.1) is 0 Å². The SMILES string of the molecule is CC(C)(C)[Si](C)(C)O/C(C#N)=C\[C@@H](O)[Si](C)(C)C(C)(C)C. The molecule has 0 saturated heterocycles. The lowest BCUT2D eigenvalue weighted by Crippen LogP contribution is -2.49. The van der Waals surface area contributed by atoms with Gasteiger partial charge in [0.2, 0.25) is 0 Å². The first kappa shape index (κ1) is 20.4. The van der Waals surface area contributed by atoms with Crippen LogP contribution in [-0.2, 0) is 4.43 Å². The topological polar surface area (TPSA) is 53.2 Å². The van der Waals surface area contributed by atoms with Gasteiger partial charge in [-0.3, -0.25) is 0 Å². The third-order valence-corrected chi connectivity index (χ3v) is 15.1. The molecule has 0 amide bonds. The van der Waals surface area contributed by atoms with Crippen molar-refractivity contribution in [2.45, 2.75) is 83.5 Å². The molecule has 0 rings (SSSR count). The van der Waals surface area contributed by atoms with E-state index >= 15 is 0 Å². The van der Waals surface area contributed by atoms with Gasteiger partial charge < -0.3 is 9.53 Å². The van der Waals surface area contributed by atoms with Gasteiger partial charge >= 0.3 is 0 Å². The highest BCUT2D eigenvalue weighted by molar-refractivity contribution is 6.81. The van der Waals surface area contributed by atoms with E-state index in [1.807, 2.05) is 0 Å². The van der Waals surface area contributed by atoms with Crippen LogP contribution >= 0.6 is 0 Å². The molecule has 0 aromatic carbocycles. The molecule has 5 heteroatoms. The second-order valence-corrected chi connectivity index (χ2v) is 19.2. The zero-order chi connectivity index (χ0) is 17.3. The van der Waals surface area contributed by atoms with Gasteiger partial charge in [0.15, 0.2) is 5.76 Å². The van der Waals surface area contributed by atoms with Crippen LogP contribution in [0.15, 0.2) is 11.8 Å². The average Bonchev–Trinajstić information content (AvgIpc) is 2.24. The number of aliphatic hydroxyl groups is 1. The summed E-state index contributed by atoms with van der Waals surface area (Å²) >= 11 is 0. The van der Waals surface area contributed by atoms with Crippen molar-refractivity contribution in [2.24, 2.45) is 0 Å². The molecule has 21 heavy (non-hydrogen) atoms. The summed E-state index contributed by atoms with van der Waals surface area (Å²) in [5.41, 5.74) is -0.586.